The lowest BCUT2D eigenvalue weighted by Gasteiger charge is -2.28. The molecule has 0 atom stereocenters. The fourth-order valence-electron chi connectivity index (χ4n) is 4.11. The number of benzene rings is 1. The van der Waals surface area contributed by atoms with Gasteiger partial charge in [-0.05, 0) is 67.6 Å². The molecule has 8 heteroatoms. The lowest BCUT2D eigenvalue weighted by molar-refractivity contribution is -0.140. The summed E-state index contributed by atoms with van der Waals surface area (Å²) in [7, 11) is 0. The van der Waals surface area contributed by atoms with Crippen LogP contribution in [0.1, 0.15) is 35.8 Å². The Kier molecular flexibility index (Phi) is 7.32. The number of ether oxygens (including phenoxy) is 2. The van der Waals surface area contributed by atoms with Gasteiger partial charge in [-0.25, -0.2) is 0 Å². The molecule has 1 aromatic heterocycles. The minimum absolute atomic E-state index is 0.0490. The Balaban J connectivity index is 1.46. The highest BCUT2D eigenvalue weighted by Crippen LogP contribution is 2.33. The van der Waals surface area contributed by atoms with Crippen molar-refractivity contribution < 1.29 is 19.1 Å². The third-order valence-corrected chi connectivity index (χ3v) is 7.13. The maximum Gasteiger partial charge on any atom is 0.242 e. The van der Waals surface area contributed by atoms with Crippen molar-refractivity contribution in [2.75, 3.05) is 39.5 Å². The molecular weight excluding hydrogens is 426 g/mol. The van der Waals surface area contributed by atoms with Crippen LogP contribution in [0.4, 0.5) is 0 Å². The summed E-state index contributed by atoms with van der Waals surface area (Å²) in [5.41, 5.74) is 2.15. The molecule has 0 saturated carbocycles. The zero-order chi connectivity index (χ0) is 22.5. The van der Waals surface area contributed by atoms with Gasteiger partial charge in [0, 0.05) is 31.4 Å². The smallest absolute Gasteiger partial charge is 0.242 e. The molecule has 2 aromatic rings. The van der Waals surface area contributed by atoms with E-state index in [9.17, 15) is 9.59 Å². The van der Waals surface area contributed by atoms with E-state index in [1.165, 1.54) is 18.4 Å². The molecule has 1 fully saturated rings. The molecule has 0 aliphatic carbocycles. The number of carbonyl (C=O) groups excluding carboxylic acids is 2. The number of carbonyl (C=O) groups is 2. The van der Waals surface area contributed by atoms with Crippen molar-refractivity contribution in [3.8, 4) is 11.5 Å². The summed E-state index contributed by atoms with van der Waals surface area (Å²) in [4.78, 5) is 32.7. The van der Waals surface area contributed by atoms with Crippen LogP contribution in [-0.4, -0.2) is 66.0 Å². The minimum atomic E-state index is -0.0621. The van der Waals surface area contributed by atoms with Crippen molar-refractivity contribution in [3.63, 3.8) is 0 Å². The molecule has 7 nitrogen and oxygen atoms in total. The molecule has 172 valence electrons. The Morgan fingerprint density at radius 3 is 2.56 bits per heavy atom. The zero-order valence-corrected chi connectivity index (χ0v) is 19.7. The number of aryl methyl sites for hydroxylation is 1. The first-order valence-electron chi connectivity index (χ1n) is 11.2. The molecule has 0 N–H and O–H groups in total. The maximum atomic E-state index is 13.4. The lowest BCUT2D eigenvalue weighted by atomic mass is 10.1. The molecule has 2 amide bonds. The van der Waals surface area contributed by atoms with Crippen LogP contribution in [0.5, 0.6) is 11.5 Å². The molecule has 1 aromatic carbocycles. The van der Waals surface area contributed by atoms with E-state index in [0.717, 1.165) is 35.8 Å². The Hall–Kier alpha value is -2.58. The molecule has 0 unspecified atom stereocenters. The van der Waals surface area contributed by atoms with Gasteiger partial charge in [-0.2, -0.15) is 0 Å². The van der Waals surface area contributed by atoms with Crippen LogP contribution >= 0.6 is 11.3 Å². The van der Waals surface area contributed by atoms with Gasteiger partial charge in [0.15, 0.2) is 11.5 Å². The molecule has 0 spiro atoms. The standard InChI is InChI=1S/C24H31N3O4S/c1-18-7-12-32-23(18)15-27(14-20-5-6-21-22(13-20)31-17-30-21)24(29)16-26(19(2)28)11-10-25-8-3-4-9-25/h5-7,12-13H,3-4,8-11,14-17H2,1-2H3. The number of hydrogen-bond acceptors (Lipinski definition) is 6. The van der Waals surface area contributed by atoms with Crippen LogP contribution in [0, 0.1) is 6.92 Å². The van der Waals surface area contributed by atoms with Gasteiger partial charge >= 0.3 is 0 Å². The van der Waals surface area contributed by atoms with E-state index < -0.39 is 0 Å². The number of fused-ring (bicyclic) bond motifs is 1. The number of likely N-dealkylation sites (tertiary alicyclic amines) is 1. The summed E-state index contributed by atoms with van der Waals surface area (Å²) in [6.45, 7) is 8.45. The summed E-state index contributed by atoms with van der Waals surface area (Å²) in [6, 6.07) is 7.85. The van der Waals surface area contributed by atoms with Crippen LogP contribution in [0.15, 0.2) is 29.6 Å². The molecule has 0 bridgehead atoms. The van der Waals surface area contributed by atoms with Crippen LogP contribution in [-0.2, 0) is 22.7 Å². The Morgan fingerprint density at radius 1 is 1.06 bits per heavy atom. The molecule has 2 aliphatic rings. The van der Waals surface area contributed by atoms with Crippen LogP contribution in [0.25, 0.3) is 0 Å². The Bertz CT molecular complexity index is 954. The predicted molar refractivity (Wildman–Crippen MR) is 124 cm³/mol. The van der Waals surface area contributed by atoms with E-state index in [4.69, 9.17) is 9.47 Å². The average molecular weight is 458 g/mol. The van der Waals surface area contributed by atoms with Gasteiger partial charge in [0.05, 0.1) is 13.1 Å². The first kappa shape index (κ1) is 22.6. The Labute approximate surface area is 193 Å². The highest BCUT2D eigenvalue weighted by molar-refractivity contribution is 7.10. The van der Waals surface area contributed by atoms with Gasteiger partial charge in [-0.3, -0.25) is 9.59 Å². The van der Waals surface area contributed by atoms with Crippen molar-refractivity contribution in [1.29, 1.82) is 0 Å². The fourth-order valence-corrected chi connectivity index (χ4v) is 5.03. The summed E-state index contributed by atoms with van der Waals surface area (Å²) < 4.78 is 10.9. The van der Waals surface area contributed by atoms with Gasteiger partial charge in [0.2, 0.25) is 18.6 Å². The molecular formula is C24H31N3O4S. The van der Waals surface area contributed by atoms with E-state index in [2.05, 4.69) is 17.9 Å². The molecule has 1 saturated heterocycles. The SMILES string of the molecule is CC(=O)N(CCN1CCCC1)CC(=O)N(Cc1ccc2c(c1)OCO2)Cc1sccc1C. The fraction of sp³-hybridized carbons (Fsp3) is 0.500. The van der Waals surface area contributed by atoms with Gasteiger partial charge in [-0.1, -0.05) is 6.07 Å². The molecule has 32 heavy (non-hydrogen) atoms. The Morgan fingerprint density at radius 2 is 1.84 bits per heavy atom. The molecule has 0 radical (unpaired) electrons. The number of hydrogen-bond donors (Lipinski definition) is 0. The van der Waals surface area contributed by atoms with Crippen molar-refractivity contribution >= 4 is 23.2 Å². The topological polar surface area (TPSA) is 62.3 Å². The van der Waals surface area contributed by atoms with E-state index >= 15 is 0 Å². The second-order valence-corrected chi connectivity index (χ2v) is 9.45. The maximum absolute atomic E-state index is 13.4. The van der Waals surface area contributed by atoms with Crippen molar-refractivity contribution in [1.82, 2.24) is 14.7 Å². The summed E-state index contributed by atoms with van der Waals surface area (Å²) in [5.74, 6) is 1.32. The lowest BCUT2D eigenvalue weighted by Crippen LogP contribution is -2.44. The largest absolute Gasteiger partial charge is 0.454 e. The van der Waals surface area contributed by atoms with E-state index in [1.807, 2.05) is 28.5 Å². The minimum Gasteiger partial charge on any atom is -0.454 e. The monoisotopic (exact) mass is 457 g/mol. The second kappa shape index (κ2) is 10.4. The third kappa shape index (κ3) is 5.61. The van der Waals surface area contributed by atoms with Gasteiger partial charge in [0.1, 0.15) is 0 Å². The molecule has 3 heterocycles. The van der Waals surface area contributed by atoms with Crippen molar-refractivity contribution in [2.24, 2.45) is 0 Å². The zero-order valence-electron chi connectivity index (χ0n) is 18.8. The van der Waals surface area contributed by atoms with E-state index in [-0.39, 0.29) is 25.2 Å². The summed E-state index contributed by atoms with van der Waals surface area (Å²) >= 11 is 1.65. The van der Waals surface area contributed by atoms with Crippen LogP contribution in [0.2, 0.25) is 0 Å². The van der Waals surface area contributed by atoms with Crippen molar-refractivity contribution in [3.05, 3.63) is 45.6 Å². The number of thiophene rings is 1. The number of rotatable bonds is 9. The third-order valence-electron chi connectivity index (χ3n) is 6.12. The van der Waals surface area contributed by atoms with Crippen molar-refractivity contribution in [2.45, 2.75) is 39.8 Å². The summed E-state index contributed by atoms with van der Waals surface area (Å²) in [5, 5.41) is 2.05. The first-order chi connectivity index (χ1) is 15.5. The average Bonchev–Trinajstić information content (AvgIpc) is 3.53. The highest BCUT2D eigenvalue weighted by atomic mass is 32.1. The number of nitrogens with zero attached hydrogens (tertiary/aromatic N) is 3. The van der Waals surface area contributed by atoms with E-state index in [1.54, 1.807) is 23.2 Å². The van der Waals surface area contributed by atoms with Gasteiger partial charge < -0.3 is 24.2 Å². The quantitative estimate of drug-likeness (QED) is 0.578. The van der Waals surface area contributed by atoms with Crippen LogP contribution < -0.4 is 9.47 Å². The molecule has 2 aliphatic heterocycles. The molecule has 4 rings (SSSR count). The van der Waals surface area contributed by atoms with Gasteiger partial charge in [0.25, 0.3) is 0 Å². The van der Waals surface area contributed by atoms with Gasteiger partial charge in [-0.15, -0.1) is 11.3 Å². The summed E-state index contributed by atoms with van der Waals surface area (Å²) in [6.07, 6.45) is 2.42. The second-order valence-electron chi connectivity index (χ2n) is 8.45. The first-order valence-corrected chi connectivity index (χ1v) is 12.0. The normalized spacial score (nSPS) is 15.2. The van der Waals surface area contributed by atoms with Crippen LogP contribution in [0.3, 0.4) is 0 Å². The van der Waals surface area contributed by atoms with E-state index in [0.29, 0.717) is 25.4 Å². The predicted octanol–water partition coefficient (Wildman–Crippen LogP) is 3.26. The number of amides is 2. The highest BCUT2D eigenvalue weighted by Gasteiger charge is 2.23.